The van der Waals surface area contributed by atoms with Crippen LogP contribution in [0.25, 0.3) is 0 Å². The van der Waals surface area contributed by atoms with Crippen LogP contribution in [0, 0.1) is 11.8 Å². The summed E-state index contributed by atoms with van der Waals surface area (Å²) in [5.74, 6) is -0.517. The molecule has 0 aliphatic carbocycles. The quantitative estimate of drug-likeness (QED) is 0.0222. The van der Waals surface area contributed by atoms with E-state index in [1.165, 1.54) is 180 Å². The van der Waals surface area contributed by atoms with Gasteiger partial charge in [0.25, 0.3) is 0 Å². The van der Waals surface area contributed by atoms with Crippen LogP contribution in [-0.2, 0) is 65.4 Å². The Morgan fingerprint density at radius 2 is 0.560 bits per heavy atom. The highest BCUT2D eigenvalue weighted by Crippen LogP contribution is 2.45. The van der Waals surface area contributed by atoms with Gasteiger partial charge in [-0.05, 0) is 37.5 Å². The Labute approximate surface area is 556 Å². The number of unbranched alkanes of at least 4 members (excludes halogenated alkanes) is 40. The molecule has 0 heterocycles. The molecule has 0 spiro atoms. The average molecular weight is 1340 g/mol. The number of hydrogen-bond acceptors (Lipinski definition) is 15. The molecule has 540 valence electrons. The van der Waals surface area contributed by atoms with Gasteiger partial charge in [-0.1, -0.05) is 318 Å². The number of aliphatic hydroxyl groups is 1. The van der Waals surface area contributed by atoms with Crippen LogP contribution in [0.3, 0.4) is 0 Å². The van der Waals surface area contributed by atoms with Gasteiger partial charge in [0.1, 0.15) is 19.3 Å². The minimum atomic E-state index is -4.95. The highest BCUT2D eigenvalue weighted by atomic mass is 31.2. The second kappa shape index (κ2) is 64.1. The van der Waals surface area contributed by atoms with Crippen LogP contribution in [0.2, 0.25) is 0 Å². The molecule has 0 amide bonds. The molecule has 0 aliphatic rings. The zero-order valence-electron chi connectivity index (χ0n) is 59.1. The number of carbonyl (C=O) groups excluding carboxylic acids is 4. The van der Waals surface area contributed by atoms with Crippen molar-refractivity contribution in [3.05, 3.63) is 0 Å². The first-order valence-corrected chi connectivity index (χ1v) is 40.5. The molecule has 0 aromatic rings. The highest BCUT2D eigenvalue weighted by Gasteiger charge is 2.30. The summed E-state index contributed by atoms with van der Waals surface area (Å²) in [6, 6.07) is 0. The van der Waals surface area contributed by atoms with E-state index < -0.39 is 97.5 Å². The fourth-order valence-electron chi connectivity index (χ4n) is 10.9. The smallest absolute Gasteiger partial charge is 0.462 e. The van der Waals surface area contributed by atoms with Gasteiger partial charge in [-0.3, -0.25) is 37.3 Å². The third-order valence-electron chi connectivity index (χ3n) is 17.1. The van der Waals surface area contributed by atoms with E-state index in [1.807, 2.05) is 0 Å². The maximum absolute atomic E-state index is 13.0. The highest BCUT2D eigenvalue weighted by molar-refractivity contribution is 7.47. The number of phosphoric acid groups is 2. The SMILES string of the molecule is CCCCCCCCCCCCCCC(=O)O[C@H](COC(=O)CCCCCCCCCC)COP(=O)(O)OC[C@H](O)COP(=O)(O)OC[C@@H](COC(=O)CCCCCCCCCCCCC(C)CC)OC(=O)CCCCCCCCCCCCCCCCC(C)C. The van der Waals surface area contributed by atoms with Crippen molar-refractivity contribution in [1.82, 2.24) is 0 Å². The summed E-state index contributed by atoms with van der Waals surface area (Å²) >= 11 is 0. The van der Waals surface area contributed by atoms with E-state index in [2.05, 4.69) is 41.5 Å². The molecule has 6 atom stereocenters. The fourth-order valence-corrected chi connectivity index (χ4v) is 12.5. The van der Waals surface area contributed by atoms with Gasteiger partial charge in [0.15, 0.2) is 12.2 Å². The Bertz CT molecular complexity index is 1770. The molecular weight excluding hydrogens is 1200 g/mol. The Morgan fingerprint density at radius 3 is 0.835 bits per heavy atom. The van der Waals surface area contributed by atoms with Crippen molar-refractivity contribution in [2.24, 2.45) is 11.8 Å². The predicted octanol–water partition coefficient (Wildman–Crippen LogP) is 20.8. The van der Waals surface area contributed by atoms with Gasteiger partial charge in [-0.15, -0.1) is 0 Å². The first kappa shape index (κ1) is 89.1. The summed E-state index contributed by atoms with van der Waals surface area (Å²) in [4.78, 5) is 72.6. The zero-order chi connectivity index (χ0) is 67.2. The van der Waals surface area contributed by atoms with E-state index in [1.54, 1.807) is 0 Å². The van der Waals surface area contributed by atoms with Crippen LogP contribution in [0.1, 0.15) is 369 Å². The van der Waals surface area contributed by atoms with Crippen molar-refractivity contribution in [2.75, 3.05) is 39.6 Å². The second-order valence-corrected chi connectivity index (χ2v) is 29.6. The molecule has 0 aromatic heterocycles. The lowest BCUT2D eigenvalue weighted by atomic mass is 9.99. The summed E-state index contributed by atoms with van der Waals surface area (Å²) < 4.78 is 68.3. The maximum Gasteiger partial charge on any atom is 0.472 e. The third-order valence-corrected chi connectivity index (χ3v) is 19.0. The summed E-state index contributed by atoms with van der Waals surface area (Å²) in [6.45, 7) is 9.59. The number of carbonyl (C=O) groups is 4. The first-order valence-electron chi connectivity index (χ1n) is 37.5. The minimum Gasteiger partial charge on any atom is -0.462 e. The number of ether oxygens (including phenoxy) is 4. The molecule has 0 aromatic carbocycles. The molecular formula is C72H140O17P2. The third kappa shape index (κ3) is 65.1. The van der Waals surface area contributed by atoms with Gasteiger partial charge in [0.2, 0.25) is 0 Å². The van der Waals surface area contributed by atoms with Crippen LogP contribution >= 0.6 is 15.6 Å². The second-order valence-electron chi connectivity index (χ2n) is 26.7. The van der Waals surface area contributed by atoms with Gasteiger partial charge in [0.05, 0.1) is 26.4 Å². The van der Waals surface area contributed by atoms with Gasteiger partial charge < -0.3 is 33.8 Å². The number of hydrogen-bond donors (Lipinski definition) is 3. The molecule has 17 nitrogen and oxygen atoms in total. The number of aliphatic hydroxyl groups excluding tert-OH is 1. The van der Waals surface area contributed by atoms with E-state index in [4.69, 9.17) is 37.0 Å². The summed E-state index contributed by atoms with van der Waals surface area (Å²) in [6.07, 6.45) is 49.8. The average Bonchev–Trinajstić information content (AvgIpc) is 3.65. The topological polar surface area (TPSA) is 237 Å². The first-order chi connectivity index (χ1) is 43.9. The number of esters is 4. The molecule has 0 fully saturated rings. The normalized spacial score (nSPS) is 14.4. The molecule has 0 saturated heterocycles. The molecule has 0 aliphatic heterocycles. The van der Waals surface area contributed by atoms with Gasteiger partial charge in [0, 0.05) is 25.7 Å². The number of phosphoric ester groups is 2. The molecule has 3 N–H and O–H groups in total. The molecule has 0 saturated carbocycles. The van der Waals surface area contributed by atoms with Crippen LogP contribution in [0.4, 0.5) is 0 Å². The van der Waals surface area contributed by atoms with Crippen molar-refractivity contribution in [1.29, 1.82) is 0 Å². The van der Waals surface area contributed by atoms with Crippen molar-refractivity contribution < 1.29 is 80.2 Å². The molecule has 0 radical (unpaired) electrons. The van der Waals surface area contributed by atoms with Crippen LogP contribution in [0.5, 0.6) is 0 Å². The van der Waals surface area contributed by atoms with Gasteiger partial charge >= 0.3 is 39.5 Å². The summed E-state index contributed by atoms with van der Waals surface area (Å²) in [5, 5.41) is 10.6. The van der Waals surface area contributed by atoms with Crippen molar-refractivity contribution in [3.8, 4) is 0 Å². The molecule has 0 bridgehead atoms. The molecule has 91 heavy (non-hydrogen) atoms. The van der Waals surface area contributed by atoms with Crippen LogP contribution < -0.4 is 0 Å². The Balaban J connectivity index is 5.23. The lowest BCUT2D eigenvalue weighted by Crippen LogP contribution is -2.30. The molecule has 0 rings (SSSR count). The van der Waals surface area contributed by atoms with E-state index in [9.17, 15) is 43.2 Å². The van der Waals surface area contributed by atoms with E-state index in [0.29, 0.717) is 25.7 Å². The maximum atomic E-state index is 13.0. The lowest BCUT2D eigenvalue weighted by Gasteiger charge is -2.21. The van der Waals surface area contributed by atoms with Gasteiger partial charge in [-0.25, -0.2) is 9.13 Å². The summed E-state index contributed by atoms with van der Waals surface area (Å²) in [7, 11) is -9.90. The van der Waals surface area contributed by atoms with Crippen LogP contribution in [0.15, 0.2) is 0 Å². The predicted molar refractivity (Wildman–Crippen MR) is 368 cm³/mol. The zero-order valence-corrected chi connectivity index (χ0v) is 60.9. The molecule has 3 unspecified atom stereocenters. The fraction of sp³-hybridized carbons (Fsp3) is 0.944. The van der Waals surface area contributed by atoms with Crippen molar-refractivity contribution >= 4 is 39.5 Å². The number of rotatable bonds is 71. The van der Waals surface area contributed by atoms with Gasteiger partial charge in [-0.2, -0.15) is 0 Å². The lowest BCUT2D eigenvalue weighted by molar-refractivity contribution is -0.161. The standard InChI is InChI=1S/C72H140O17P2/c1-7-10-12-14-16-18-19-25-32-38-44-50-56-71(76)88-67(60-82-69(74)54-48-42-36-17-15-13-11-8-2)62-86-90(78,79)84-58-66(73)59-85-91(80,81)87-63-68(61-83-70(75)55-49-43-37-31-28-27-30-35-41-47-53-65(6)9-3)89-72(77)57-51-45-39-33-26-23-21-20-22-24-29-34-40-46-52-64(4)5/h64-68,73H,7-63H2,1-6H3,(H,78,79)(H,80,81)/t65?,66-,67+,68+/m0/s1. The largest absolute Gasteiger partial charge is 0.472 e. The Kier molecular flexibility index (Phi) is 62.7. The van der Waals surface area contributed by atoms with Crippen molar-refractivity contribution in [3.63, 3.8) is 0 Å². The monoisotopic (exact) mass is 1340 g/mol. The van der Waals surface area contributed by atoms with Crippen LogP contribution in [-0.4, -0.2) is 96.7 Å². The van der Waals surface area contributed by atoms with Crippen molar-refractivity contribution in [2.45, 2.75) is 387 Å². The Morgan fingerprint density at radius 1 is 0.319 bits per heavy atom. The van der Waals surface area contributed by atoms with E-state index >= 15 is 0 Å². The van der Waals surface area contributed by atoms with E-state index in [0.717, 1.165) is 108 Å². The van der Waals surface area contributed by atoms with E-state index in [-0.39, 0.29) is 25.7 Å². The Hall–Kier alpha value is -1.94. The molecule has 19 heteroatoms. The summed E-state index contributed by atoms with van der Waals surface area (Å²) in [5.41, 5.74) is 0. The minimum absolute atomic E-state index is 0.107.